The SMILES string of the molecule is CCNc1nc(NCC)n2nc(S[C@@H]3CCc4ccccc4C3=O)nc2n1. The van der Waals surface area contributed by atoms with Gasteiger partial charge in [0.1, 0.15) is 0 Å². The molecule has 8 nitrogen and oxygen atoms in total. The van der Waals surface area contributed by atoms with E-state index in [4.69, 9.17) is 0 Å². The lowest BCUT2D eigenvalue weighted by molar-refractivity contribution is 0.0979. The summed E-state index contributed by atoms with van der Waals surface area (Å²) in [6.07, 6.45) is 1.67. The van der Waals surface area contributed by atoms with E-state index in [2.05, 4.69) is 30.7 Å². The molecule has 2 aromatic heterocycles. The fraction of sp³-hybridized carbons (Fsp3) is 0.389. The van der Waals surface area contributed by atoms with E-state index in [1.807, 2.05) is 38.1 Å². The third-order valence-corrected chi connectivity index (χ3v) is 5.48. The number of benzene rings is 1. The van der Waals surface area contributed by atoms with Crippen molar-refractivity contribution in [3.05, 3.63) is 35.4 Å². The van der Waals surface area contributed by atoms with Gasteiger partial charge in [0.15, 0.2) is 5.78 Å². The van der Waals surface area contributed by atoms with Gasteiger partial charge in [-0.2, -0.15) is 19.5 Å². The van der Waals surface area contributed by atoms with Crippen LogP contribution in [0.3, 0.4) is 0 Å². The smallest absolute Gasteiger partial charge is 0.259 e. The van der Waals surface area contributed by atoms with E-state index < -0.39 is 0 Å². The number of carbonyl (C=O) groups is 1. The number of thioether (sulfide) groups is 1. The van der Waals surface area contributed by atoms with Gasteiger partial charge < -0.3 is 10.6 Å². The number of ketones is 1. The first-order valence-electron chi connectivity index (χ1n) is 9.11. The normalized spacial score (nSPS) is 16.4. The standard InChI is InChI=1S/C18H21N7OS/c1-3-19-15-21-16(20-4-2)25-17(22-15)23-18(24-25)27-13-10-9-11-7-5-6-8-12(11)14(13)26/h5-8,13H,3-4,9-10H2,1-2H3,(H2,19,20,21,22,23,24)/t13-/m1/s1. The summed E-state index contributed by atoms with van der Waals surface area (Å²) in [7, 11) is 0. The molecule has 0 spiro atoms. The van der Waals surface area contributed by atoms with Crippen molar-refractivity contribution in [3.8, 4) is 0 Å². The Morgan fingerprint density at radius 3 is 2.78 bits per heavy atom. The zero-order valence-electron chi connectivity index (χ0n) is 15.3. The Morgan fingerprint density at radius 1 is 1.15 bits per heavy atom. The highest BCUT2D eigenvalue weighted by Crippen LogP contribution is 2.32. The lowest BCUT2D eigenvalue weighted by atomic mass is 9.90. The molecule has 0 saturated carbocycles. The molecule has 27 heavy (non-hydrogen) atoms. The van der Waals surface area contributed by atoms with Crippen molar-refractivity contribution < 1.29 is 4.79 Å². The van der Waals surface area contributed by atoms with Gasteiger partial charge in [0.05, 0.1) is 5.25 Å². The van der Waals surface area contributed by atoms with Crippen LogP contribution in [-0.4, -0.2) is 48.7 Å². The largest absolute Gasteiger partial charge is 0.354 e. The molecule has 140 valence electrons. The maximum absolute atomic E-state index is 12.8. The first-order chi connectivity index (χ1) is 13.2. The molecule has 0 bridgehead atoms. The summed E-state index contributed by atoms with van der Waals surface area (Å²) in [5.41, 5.74) is 1.94. The summed E-state index contributed by atoms with van der Waals surface area (Å²) in [5.74, 6) is 1.70. The van der Waals surface area contributed by atoms with E-state index in [0.717, 1.165) is 24.0 Å². The highest BCUT2D eigenvalue weighted by Gasteiger charge is 2.29. The van der Waals surface area contributed by atoms with Gasteiger partial charge in [0.2, 0.25) is 17.1 Å². The lowest BCUT2D eigenvalue weighted by Crippen LogP contribution is -2.24. The molecule has 0 amide bonds. The number of Topliss-reactive ketones (excluding diaryl/α,β-unsaturated/α-hetero) is 1. The van der Waals surface area contributed by atoms with Gasteiger partial charge in [-0.15, -0.1) is 5.10 Å². The van der Waals surface area contributed by atoms with Crippen LogP contribution in [0.5, 0.6) is 0 Å². The Hall–Kier alpha value is -2.68. The Kier molecular flexibility index (Phi) is 4.93. The van der Waals surface area contributed by atoms with Gasteiger partial charge in [-0.1, -0.05) is 36.0 Å². The number of hydrogen-bond donors (Lipinski definition) is 2. The van der Waals surface area contributed by atoms with E-state index in [-0.39, 0.29) is 11.0 Å². The summed E-state index contributed by atoms with van der Waals surface area (Å²) in [5, 5.41) is 11.2. The second-order valence-corrected chi connectivity index (χ2v) is 7.37. The minimum atomic E-state index is -0.180. The highest BCUT2D eigenvalue weighted by atomic mass is 32.2. The molecule has 1 atom stereocenters. The van der Waals surface area contributed by atoms with Crippen molar-refractivity contribution in [2.45, 2.75) is 37.1 Å². The predicted molar refractivity (Wildman–Crippen MR) is 106 cm³/mol. The van der Waals surface area contributed by atoms with Gasteiger partial charge in [-0.3, -0.25) is 4.79 Å². The number of aryl methyl sites for hydroxylation is 1. The third kappa shape index (κ3) is 3.46. The van der Waals surface area contributed by atoms with Crippen LogP contribution in [-0.2, 0) is 6.42 Å². The average Bonchev–Trinajstić information content (AvgIpc) is 3.07. The molecular formula is C18H21N7OS. The number of anilines is 2. The van der Waals surface area contributed by atoms with Gasteiger partial charge in [-0.25, -0.2) is 0 Å². The fourth-order valence-corrected chi connectivity index (χ4v) is 4.12. The molecule has 9 heteroatoms. The minimum absolute atomic E-state index is 0.145. The van der Waals surface area contributed by atoms with Crippen molar-refractivity contribution >= 4 is 35.2 Å². The number of aromatic nitrogens is 5. The first kappa shape index (κ1) is 17.7. The van der Waals surface area contributed by atoms with Crippen LogP contribution in [0.25, 0.3) is 5.78 Å². The van der Waals surface area contributed by atoms with E-state index in [0.29, 0.717) is 35.9 Å². The molecule has 0 radical (unpaired) electrons. The molecule has 4 rings (SSSR count). The summed E-state index contributed by atoms with van der Waals surface area (Å²) in [6.45, 7) is 5.40. The van der Waals surface area contributed by atoms with Crippen molar-refractivity contribution in [2.75, 3.05) is 23.7 Å². The molecule has 0 unspecified atom stereocenters. The van der Waals surface area contributed by atoms with Gasteiger partial charge >= 0.3 is 0 Å². The molecule has 0 aliphatic heterocycles. The van der Waals surface area contributed by atoms with Crippen LogP contribution >= 0.6 is 11.8 Å². The Bertz CT molecular complexity index is 987. The van der Waals surface area contributed by atoms with Crippen molar-refractivity contribution in [3.63, 3.8) is 0 Å². The Labute approximate surface area is 161 Å². The Morgan fingerprint density at radius 2 is 1.96 bits per heavy atom. The van der Waals surface area contributed by atoms with Crippen LogP contribution in [0, 0.1) is 0 Å². The molecule has 0 saturated heterocycles. The number of carbonyl (C=O) groups excluding carboxylic acids is 1. The predicted octanol–water partition coefficient (Wildman–Crippen LogP) is 2.67. The molecule has 0 fully saturated rings. The molecule has 2 heterocycles. The summed E-state index contributed by atoms with van der Waals surface area (Å²) >= 11 is 1.40. The lowest BCUT2D eigenvalue weighted by Gasteiger charge is -2.21. The number of fused-ring (bicyclic) bond motifs is 2. The highest BCUT2D eigenvalue weighted by molar-refractivity contribution is 8.00. The third-order valence-electron chi connectivity index (χ3n) is 4.36. The van der Waals surface area contributed by atoms with Crippen LogP contribution in [0.15, 0.2) is 29.4 Å². The molecule has 1 aromatic carbocycles. The summed E-state index contributed by atoms with van der Waals surface area (Å²) in [6, 6.07) is 7.82. The quantitative estimate of drug-likeness (QED) is 0.671. The van der Waals surface area contributed by atoms with Crippen molar-refractivity contribution in [1.82, 2.24) is 24.6 Å². The maximum Gasteiger partial charge on any atom is 0.259 e. The van der Waals surface area contributed by atoms with Crippen LogP contribution in [0.4, 0.5) is 11.9 Å². The maximum atomic E-state index is 12.8. The molecule has 1 aliphatic rings. The molecule has 3 aromatic rings. The average molecular weight is 383 g/mol. The first-order valence-corrected chi connectivity index (χ1v) is 9.99. The monoisotopic (exact) mass is 383 g/mol. The van der Waals surface area contributed by atoms with Crippen LogP contribution in [0.2, 0.25) is 0 Å². The zero-order valence-corrected chi connectivity index (χ0v) is 16.1. The van der Waals surface area contributed by atoms with Crippen molar-refractivity contribution in [1.29, 1.82) is 0 Å². The molecule has 2 N–H and O–H groups in total. The van der Waals surface area contributed by atoms with Crippen LogP contribution < -0.4 is 10.6 Å². The second-order valence-electron chi connectivity index (χ2n) is 6.20. The van der Waals surface area contributed by atoms with Gasteiger partial charge in [0.25, 0.3) is 5.78 Å². The van der Waals surface area contributed by atoms with Gasteiger partial charge in [-0.05, 0) is 32.3 Å². The molecular weight excluding hydrogens is 362 g/mol. The van der Waals surface area contributed by atoms with Gasteiger partial charge in [0, 0.05) is 18.7 Å². The number of hydrogen-bond acceptors (Lipinski definition) is 8. The minimum Gasteiger partial charge on any atom is -0.354 e. The van der Waals surface area contributed by atoms with E-state index in [1.54, 1.807) is 4.52 Å². The molecule has 1 aliphatic carbocycles. The Balaban J connectivity index is 1.63. The number of rotatable bonds is 6. The number of nitrogens with one attached hydrogen (secondary N) is 2. The van der Waals surface area contributed by atoms with Crippen molar-refractivity contribution in [2.24, 2.45) is 0 Å². The van der Waals surface area contributed by atoms with E-state index in [9.17, 15) is 4.79 Å². The fourth-order valence-electron chi connectivity index (χ4n) is 3.14. The second kappa shape index (κ2) is 7.51. The van der Waals surface area contributed by atoms with E-state index >= 15 is 0 Å². The summed E-state index contributed by atoms with van der Waals surface area (Å²) < 4.78 is 1.59. The number of nitrogens with zero attached hydrogens (tertiary/aromatic N) is 5. The zero-order chi connectivity index (χ0) is 18.8. The topological polar surface area (TPSA) is 97.1 Å². The van der Waals surface area contributed by atoms with Crippen LogP contribution in [0.1, 0.15) is 36.2 Å². The summed E-state index contributed by atoms with van der Waals surface area (Å²) in [4.78, 5) is 26.2. The van der Waals surface area contributed by atoms with E-state index in [1.165, 1.54) is 11.8 Å².